The van der Waals surface area contributed by atoms with E-state index in [1.165, 1.54) is 4.88 Å². The predicted octanol–water partition coefficient (Wildman–Crippen LogP) is 4.89. The Morgan fingerprint density at radius 2 is 1.90 bits per heavy atom. The average molecular weight is 415 g/mol. The van der Waals surface area contributed by atoms with Crippen molar-refractivity contribution in [1.82, 2.24) is 9.97 Å². The van der Waals surface area contributed by atoms with E-state index in [9.17, 15) is 0 Å². The number of nitrogens with two attached hydrogens (primary N) is 1. The summed E-state index contributed by atoms with van der Waals surface area (Å²) in [7, 11) is 0. The van der Waals surface area contributed by atoms with E-state index in [2.05, 4.69) is 74.3 Å². The first kappa shape index (κ1) is 16.7. The molecule has 0 aromatic carbocycles. The SMILES string of the molecule is CC(C)Cc1nc(-c2ccc(C(C)(C)C)s2)nc(N)c1I. The van der Waals surface area contributed by atoms with Gasteiger partial charge < -0.3 is 5.73 Å². The molecule has 0 radical (unpaired) electrons. The van der Waals surface area contributed by atoms with E-state index in [-0.39, 0.29) is 5.41 Å². The summed E-state index contributed by atoms with van der Waals surface area (Å²) in [6, 6.07) is 4.27. The van der Waals surface area contributed by atoms with Crippen LogP contribution in [0, 0.1) is 9.49 Å². The first-order valence-electron chi connectivity index (χ1n) is 7.11. The van der Waals surface area contributed by atoms with Crippen molar-refractivity contribution in [3.8, 4) is 10.7 Å². The van der Waals surface area contributed by atoms with Crippen molar-refractivity contribution in [2.45, 2.75) is 46.5 Å². The monoisotopic (exact) mass is 415 g/mol. The second-order valence-electron chi connectivity index (χ2n) is 6.70. The Labute approximate surface area is 144 Å². The third-order valence-electron chi connectivity index (χ3n) is 3.11. The van der Waals surface area contributed by atoms with Crippen molar-refractivity contribution < 1.29 is 0 Å². The molecule has 0 aliphatic carbocycles. The average Bonchev–Trinajstić information content (AvgIpc) is 2.83. The molecule has 2 aromatic rings. The number of halogens is 1. The van der Waals surface area contributed by atoms with E-state index >= 15 is 0 Å². The number of nitrogens with zero attached hydrogens (tertiary/aromatic N) is 2. The van der Waals surface area contributed by atoms with E-state index in [4.69, 9.17) is 10.7 Å². The smallest absolute Gasteiger partial charge is 0.171 e. The van der Waals surface area contributed by atoms with Crippen molar-refractivity contribution in [2.75, 3.05) is 5.73 Å². The zero-order valence-electron chi connectivity index (χ0n) is 13.2. The molecule has 114 valence electrons. The summed E-state index contributed by atoms with van der Waals surface area (Å²) in [6.45, 7) is 11.0. The molecule has 0 spiro atoms. The van der Waals surface area contributed by atoms with Crippen LogP contribution in [0.2, 0.25) is 0 Å². The minimum absolute atomic E-state index is 0.151. The molecule has 2 rings (SSSR count). The highest BCUT2D eigenvalue weighted by atomic mass is 127. The second kappa shape index (κ2) is 6.20. The molecule has 5 heteroatoms. The summed E-state index contributed by atoms with van der Waals surface area (Å²) in [5, 5.41) is 0. The van der Waals surface area contributed by atoms with Gasteiger partial charge in [0, 0.05) is 4.88 Å². The fourth-order valence-corrected chi connectivity index (χ4v) is 3.47. The first-order chi connectivity index (χ1) is 9.68. The van der Waals surface area contributed by atoms with Gasteiger partial charge in [0.05, 0.1) is 14.1 Å². The molecule has 0 saturated heterocycles. The van der Waals surface area contributed by atoms with Crippen LogP contribution in [0.5, 0.6) is 0 Å². The van der Waals surface area contributed by atoms with Crippen LogP contribution < -0.4 is 5.73 Å². The Morgan fingerprint density at radius 3 is 2.43 bits per heavy atom. The highest BCUT2D eigenvalue weighted by Crippen LogP contribution is 2.34. The van der Waals surface area contributed by atoms with E-state index in [0.717, 1.165) is 26.4 Å². The zero-order valence-corrected chi connectivity index (χ0v) is 16.2. The largest absolute Gasteiger partial charge is 0.383 e. The van der Waals surface area contributed by atoms with Gasteiger partial charge in [0.2, 0.25) is 0 Å². The fourth-order valence-electron chi connectivity index (χ4n) is 2.01. The molecule has 0 fully saturated rings. The molecule has 0 unspecified atom stereocenters. The van der Waals surface area contributed by atoms with Gasteiger partial charge in [-0.2, -0.15) is 0 Å². The molecular formula is C16H22IN3S. The topological polar surface area (TPSA) is 51.8 Å². The Hall–Kier alpha value is -0.690. The third kappa shape index (κ3) is 3.94. The molecular weight excluding hydrogens is 393 g/mol. The molecule has 0 aliphatic rings. The summed E-state index contributed by atoms with van der Waals surface area (Å²) < 4.78 is 0.984. The maximum atomic E-state index is 6.07. The lowest BCUT2D eigenvalue weighted by Crippen LogP contribution is -2.08. The number of anilines is 1. The molecule has 0 bridgehead atoms. The number of aromatic nitrogens is 2. The number of rotatable bonds is 3. The van der Waals surface area contributed by atoms with Crippen molar-refractivity contribution in [3.05, 3.63) is 26.3 Å². The zero-order chi connectivity index (χ0) is 15.8. The Kier molecular flexibility index (Phi) is 4.92. The van der Waals surface area contributed by atoms with Crippen LogP contribution in [0.4, 0.5) is 5.82 Å². The summed E-state index contributed by atoms with van der Waals surface area (Å²) in [5.74, 6) is 1.89. The third-order valence-corrected chi connectivity index (χ3v) is 5.79. The fraction of sp³-hybridized carbons (Fsp3) is 0.500. The van der Waals surface area contributed by atoms with Gasteiger partial charge in [-0.25, -0.2) is 9.97 Å². The van der Waals surface area contributed by atoms with E-state index in [1.54, 1.807) is 11.3 Å². The summed E-state index contributed by atoms with van der Waals surface area (Å²) in [6.07, 6.45) is 0.926. The van der Waals surface area contributed by atoms with Gasteiger partial charge in [-0.15, -0.1) is 11.3 Å². The highest BCUT2D eigenvalue weighted by Gasteiger charge is 2.19. The lowest BCUT2D eigenvalue weighted by Gasteiger charge is -2.15. The summed E-state index contributed by atoms with van der Waals surface area (Å²) in [4.78, 5) is 11.7. The molecule has 0 saturated carbocycles. The van der Waals surface area contributed by atoms with Gasteiger partial charge >= 0.3 is 0 Å². The molecule has 0 atom stereocenters. The van der Waals surface area contributed by atoms with Crippen LogP contribution >= 0.6 is 33.9 Å². The van der Waals surface area contributed by atoms with Crippen LogP contribution in [0.25, 0.3) is 10.7 Å². The lowest BCUT2D eigenvalue weighted by molar-refractivity contribution is 0.604. The maximum Gasteiger partial charge on any atom is 0.171 e. The molecule has 2 N–H and O–H groups in total. The Morgan fingerprint density at radius 1 is 1.24 bits per heavy atom. The van der Waals surface area contributed by atoms with Crippen LogP contribution in [-0.2, 0) is 11.8 Å². The number of nitrogen functional groups attached to an aromatic ring is 1. The maximum absolute atomic E-state index is 6.07. The standard InChI is InChI=1S/C16H22IN3S/c1-9(2)8-10-13(17)14(18)20-15(19-10)11-6-7-12(21-11)16(3,4)5/h6-7,9H,8H2,1-5H3,(H2,18,19,20). The summed E-state index contributed by atoms with van der Waals surface area (Å²) >= 11 is 4.00. The van der Waals surface area contributed by atoms with Gasteiger partial charge in [0.25, 0.3) is 0 Å². The van der Waals surface area contributed by atoms with Crippen molar-refractivity contribution in [2.24, 2.45) is 5.92 Å². The quantitative estimate of drug-likeness (QED) is 0.727. The number of hydrogen-bond acceptors (Lipinski definition) is 4. The van der Waals surface area contributed by atoms with Gasteiger partial charge in [-0.3, -0.25) is 0 Å². The van der Waals surface area contributed by atoms with Gasteiger partial charge in [0.1, 0.15) is 5.82 Å². The van der Waals surface area contributed by atoms with Crippen LogP contribution in [-0.4, -0.2) is 9.97 Å². The number of thiophene rings is 1. The predicted molar refractivity (Wildman–Crippen MR) is 99.7 cm³/mol. The minimum atomic E-state index is 0.151. The normalized spacial score (nSPS) is 12.1. The van der Waals surface area contributed by atoms with E-state index in [1.807, 2.05) is 0 Å². The molecule has 0 amide bonds. The molecule has 21 heavy (non-hydrogen) atoms. The van der Waals surface area contributed by atoms with Crippen molar-refractivity contribution in [1.29, 1.82) is 0 Å². The van der Waals surface area contributed by atoms with E-state index in [0.29, 0.717) is 11.7 Å². The first-order valence-corrected chi connectivity index (χ1v) is 9.00. The van der Waals surface area contributed by atoms with Gasteiger partial charge in [-0.05, 0) is 52.5 Å². The Balaban J connectivity index is 2.44. The highest BCUT2D eigenvalue weighted by molar-refractivity contribution is 14.1. The number of hydrogen-bond donors (Lipinski definition) is 1. The minimum Gasteiger partial charge on any atom is -0.383 e. The second-order valence-corrected chi connectivity index (χ2v) is 8.87. The molecule has 0 aliphatic heterocycles. The van der Waals surface area contributed by atoms with Crippen LogP contribution in [0.15, 0.2) is 12.1 Å². The summed E-state index contributed by atoms with van der Waals surface area (Å²) in [5.41, 5.74) is 7.28. The van der Waals surface area contributed by atoms with E-state index < -0.39 is 0 Å². The lowest BCUT2D eigenvalue weighted by atomic mass is 9.95. The van der Waals surface area contributed by atoms with Crippen LogP contribution in [0.3, 0.4) is 0 Å². The molecule has 2 heterocycles. The van der Waals surface area contributed by atoms with Crippen LogP contribution in [0.1, 0.15) is 45.2 Å². The van der Waals surface area contributed by atoms with Gasteiger partial charge in [0.15, 0.2) is 5.82 Å². The Bertz CT molecular complexity index is 641. The van der Waals surface area contributed by atoms with Crippen molar-refractivity contribution in [3.63, 3.8) is 0 Å². The van der Waals surface area contributed by atoms with Crippen molar-refractivity contribution >= 4 is 39.7 Å². The molecule has 2 aromatic heterocycles. The van der Waals surface area contributed by atoms with Gasteiger partial charge in [-0.1, -0.05) is 34.6 Å². The molecule has 3 nitrogen and oxygen atoms in total.